The summed E-state index contributed by atoms with van der Waals surface area (Å²) < 4.78 is 13.5. The molecule has 1 heterocycles. The average Bonchev–Trinajstić information content (AvgIpc) is 2.65. The first-order valence-corrected chi connectivity index (χ1v) is 7.72. The van der Waals surface area contributed by atoms with Gasteiger partial charge in [-0.2, -0.15) is 0 Å². The van der Waals surface area contributed by atoms with Gasteiger partial charge in [0.15, 0.2) is 0 Å². The fourth-order valence-electron chi connectivity index (χ4n) is 2.79. The fourth-order valence-corrected chi connectivity index (χ4v) is 2.79. The van der Waals surface area contributed by atoms with E-state index >= 15 is 0 Å². The molecule has 0 atom stereocenters. The molecule has 6 heteroatoms. The lowest BCUT2D eigenvalue weighted by Crippen LogP contribution is -2.24. The number of carbonyl (C=O) groups excluding carboxylic acids is 2. The highest BCUT2D eigenvalue weighted by atomic mass is 19.1. The molecule has 124 valence electrons. The van der Waals surface area contributed by atoms with Gasteiger partial charge in [0, 0.05) is 32.1 Å². The van der Waals surface area contributed by atoms with Gasteiger partial charge in [0.05, 0.1) is 11.4 Å². The van der Waals surface area contributed by atoms with E-state index in [-0.39, 0.29) is 17.6 Å². The van der Waals surface area contributed by atoms with Crippen LogP contribution in [-0.4, -0.2) is 18.4 Å². The van der Waals surface area contributed by atoms with Crippen molar-refractivity contribution in [3.63, 3.8) is 0 Å². The normalized spacial score (nSPS) is 13.8. The van der Waals surface area contributed by atoms with Crippen molar-refractivity contribution in [2.75, 3.05) is 22.1 Å². The van der Waals surface area contributed by atoms with Crippen molar-refractivity contribution in [1.82, 2.24) is 0 Å². The van der Waals surface area contributed by atoms with Crippen LogP contribution in [0.3, 0.4) is 0 Å². The quantitative estimate of drug-likeness (QED) is 0.910. The van der Waals surface area contributed by atoms with Crippen LogP contribution in [0, 0.1) is 5.82 Å². The molecule has 0 spiro atoms. The van der Waals surface area contributed by atoms with Crippen LogP contribution < -0.4 is 15.5 Å². The molecule has 2 aromatic rings. The van der Waals surface area contributed by atoms with E-state index in [1.165, 1.54) is 19.1 Å². The van der Waals surface area contributed by atoms with E-state index in [4.69, 9.17) is 0 Å². The fraction of sp³-hybridized carbons (Fsp3) is 0.222. The Kier molecular flexibility index (Phi) is 4.46. The molecular weight excluding hydrogens is 309 g/mol. The van der Waals surface area contributed by atoms with Gasteiger partial charge < -0.3 is 15.5 Å². The summed E-state index contributed by atoms with van der Waals surface area (Å²) in [5.74, 6) is -0.641. The SMILES string of the molecule is CC(=O)Nc1cccc(CN2CCC(=O)Nc3cc(F)ccc32)c1. The Bertz CT molecular complexity index is 792. The van der Waals surface area contributed by atoms with Crippen LogP contribution in [0.2, 0.25) is 0 Å². The highest BCUT2D eigenvalue weighted by molar-refractivity contribution is 5.96. The third-order valence-electron chi connectivity index (χ3n) is 3.80. The number of nitrogens with zero attached hydrogens (tertiary/aromatic N) is 1. The van der Waals surface area contributed by atoms with Gasteiger partial charge in [-0.3, -0.25) is 9.59 Å². The average molecular weight is 327 g/mol. The lowest BCUT2D eigenvalue weighted by molar-refractivity contribution is -0.116. The predicted octanol–water partition coefficient (Wildman–Crippen LogP) is 3.13. The molecule has 1 aliphatic heterocycles. The van der Waals surface area contributed by atoms with Gasteiger partial charge in [-0.05, 0) is 35.9 Å². The number of amides is 2. The first-order chi connectivity index (χ1) is 11.5. The summed E-state index contributed by atoms with van der Waals surface area (Å²) in [5, 5.41) is 5.49. The number of benzene rings is 2. The Morgan fingerprint density at radius 1 is 1.29 bits per heavy atom. The third kappa shape index (κ3) is 3.71. The summed E-state index contributed by atoms with van der Waals surface area (Å²) in [6.45, 7) is 2.55. The molecule has 0 bridgehead atoms. The largest absolute Gasteiger partial charge is 0.365 e. The summed E-state index contributed by atoms with van der Waals surface area (Å²) in [4.78, 5) is 25.0. The molecule has 0 aromatic heterocycles. The minimum Gasteiger partial charge on any atom is -0.365 e. The molecule has 0 fully saturated rings. The van der Waals surface area contributed by atoms with Gasteiger partial charge in [-0.15, -0.1) is 0 Å². The Balaban J connectivity index is 1.87. The lowest BCUT2D eigenvalue weighted by atomic mass is 10.1. The molecular formula is C18H18FN3O2. The van der Waals surface area contributed by atoms with E-state index < -0.39 is 0 Å². The minimum atomic E-state index is -0.386. The van der Waals surface area contributed by atoms with Gasteiger partial charge in [0.25, 0.3) is 0 Å². The van der Waals surface area contributed by atoms with Gasteiger partial charge in [0.1, 0.15) is 5.82 Å². The number of fused-ring (bicyclic) bond motifs is 1. The number of halogens is 1. The predicted molar refractivity (Wildman–Crippen MR) is 91.4 cm³/mol. The van der Waals surface area contributed by atoms with E-state index in [0.717, 1.165) is 16.9 Å². The van der Waals surface area contributed by atoms with Crippen molar-refractivity contribution in [3.8, 4) is 0 Å². The van der Waals surface area contributed by atoms with Crippen molar-refractivity contribution >= 4 is 28.9 Å². The van der Waals surface area contributed by atoms with Gasteiger partial charge in [-0.1, -0.05) is 12.1 Å². The molecule has 5 nitrogen and oxygen atoms in total. The second kappa shape index (κ2) is 6.70. The Morgan fingerprint density at radius 3 is 2.92 bits per heavy atom. The molecule has 24 heavy (non-hydrogen) atoms. The molecule has 0 aliphatic carbocycles. The van der Waals surface area contributed by atoms with E-state index in [9.17, 15) is 14.0 Å². The van der Waals surface area contributed by atoms with Gasteiger partial charge >= 0.3 is 0 Å². The number of rotatable bonds is 3. The summed E-state index contributed by atoms with van der Waals surface area (Å²) in [7, 11) is 0. The van der Waals surface area contributed by atoms with Crippen molar-refractivity contribution in [1.29, 1.82) is 0 Å². The molecule has 1 aliphatic rings. The van der Waals surface area contributed by atoms with Crippen LogP contribution in [0.1, 0.15) is 18.9 Å². The Hall–Kier alpha value is -2.89. The standard InChI is InChI=1S/C18H18FN3O2/c1-12(23)20-15-4-2-3-13(9-15)11-22-8-7-18(24)21-16-10-14(19)5-6-17(16)22/h2-6,9-10H,7-8,11H2,1H3,(H,20,23)(H,21,24). The molecule has 3 rings (SSSR count). The van der Waals surface area contributed by atoms with E-state index in [0.29, 0.717) is 25.2 Å². The lowest BCUT2D eigenvalue weighted by Gasteiger charge is -2.24. The van der Waals surface area contributed by atoms with Crippen molar-refractivity contribution in [3.05, 3.63) is 53.8 Å². The first-order valence-electron chi connectivity index (χ1n) is 7.72. The van der Waals surface area contributed by atoms with Crippen LogP contribution in [0.5, 0.6) is 0 Å². The van der Waals surface area contributed by atoms with E-state index in [1.807, 2.05) is 29.2 Å². The smallest absolute Gasteiger partial charge is 0.226 e. The van der Waals surface area contributed by atoms with Gasteiger partial charge in [-0.25, -0.2) is 4.39 Å². The molecule has 0 unspecified atom stereocenters. The van der Waals surface area contributed by atoms with Crippen LogP contribution in [0.4, 0.5) is 21.5 Å². The van der Waals surface area contributed by atoms with Crippen LogP contribution in [0.25, 0.3) is 0 Å². The number of nitrogens with one attached hydrogen (secondary N) is 2. The zero-order valence-electron chi connectivity index (χ0n) is 13.3. The second-order valence-corrected chi connectivity index (χ2v) is 5.76. The van der Waals surface area contributed by atoms with Crippen LogP contribution >= 0.6 is 0 Å². The first kappa shape index (κ1) is 16.0. The van der Waals surface area contributed by atoms with Crippen LogP contribution in [0.15, 0.2) is 42.5 Å². The zero-order chi connectivity index (χ0) is 17.1. The maximum atomic E-state index is 13.5. The van der Waals surface area contributed by atoms with Crippen molar-refractivity contribution < 1.29 is 14.0 Å². The summed E-state index contributed by atoms with van der Waals surface area (Å²) in [6.07, 6.45) is 0.335. The Morgan fingerprint density at radius 2 is 2.12 bits per heavy atom. The maximum absolute atomic E-state index is 13.5. The monoisotopic (exact) mass is 327 g/mol. The van der Waals surface area contributed by atoms with E-state index in [2.05, 4.69) is 10.6 Å². The number of hydrogen-bond acceptors (Lipinski definition) is 3. The molecule has 2 amide bonds. The highest BCUT2D eigenvalue weighted by Crippen LogP contribution is 2.31. The zero-order valence-corrected chi connectivity index (χ0v) is 13.3. The van der Waals surface area contributed by atoms with Crippen molar-refractivity contribution in [2.24, 2.45) is 0 Å². The van der Waals surface area contributed by atoms with E-state index in [1.54, 1.807) is 6.07 Å². The van der Waals surface area contributed by atoms with Gasteiger partial charge in [0.2, 0.25) is 11.8 Å². The summed E-state index contributed by atoms with van der Waals surface area (Å²) >= 11 is 0. The molecule has 2 N–H and O–H groups in total. The highest BCUT2D eigenvalue weighted by Gasteiger charge is 2.19. The molecule has 0 saturated carbocycles. The second-order valence-electron chi connectivity index (χ2n) is 5.76. The Labute approximate surface area is 139 Å². The number of anilines is 3. The number of hydrogen-bond donors (Lipinski definition) is 2. The summed E-state index contributed by atoms with van der Waals surface area (Å²) in [5.41, 5.74) is 2.98. The van der Waals surface area contributed by atoms with Crippen molar-refractivity contribution in [2.45, 2.75) is 19.9 Å². The minimum absolute atomic E-state index is 0.127. The maximum Gasteiger partial charge on any atom is 0.226 e. The number of carbonyl (C=O) groups is 2. The molecule has 2 aromatic carbocycles. The molecule has 0 radical (unpaired) electrons. The van der Waals surface area contributed by atoms with Crippen LogP contribution in [-0.2, 0) is 16.1 Å². The topological polar surface area (TPSA) is 61.4 Å². The third-order valence-corrected chi connectivity index (χ3v) is 3.80. The summed E-state index contributed by atoms with van der Waals surface area (Å²) in [6, 6.07) is 11.9. The molecule has 0 saturated heterocycles.